The van der Waals surface area contributed by atoms with E-state index in [0.29, 0.717) is 16.3 Å². The van der Waals surface area contributed by atoms with Crippen LogP contribution >= 0.6 is 11.5 Å². The first-order valence-corrected chi connectivity index (χ1v) is 8.97. The Labute approximate surface area is 151 Å². The van der Waals surface area contributed by atoms with E-state index in [1.807, 2.05) is 31.2 Å². The lowest BCUT2D eigenvalue weighted by Gasteiger charge is -2.26. The molecule has 6 nitrogen and oxygen atoms in total. The highest BCUT2D eigenvalue weighted by Crippen LogP contribution is 2.33. The van der Waals surface area contributed by atoms with Crippen molar-refractivity contribution in [2.45, 2.75) is 39.3 Å². The summed E-state index contributed by atoms with van der Waals surface area (Å²) in [4.78, 5) is 27.1. The summed E-state index contributed by atoms with van der Waals surface area (Å²) in [6.07, 6.45) is -0.0647. The van der Waals surface area contributed by atoms with Gasteiger partial charge in [0.2, 0.25) is 0 Å². The van der Waals surface area contributed by atoms with Gasteiger partial charge >= 0.3 is 5.97 Å². The highest BCUT2D eigenvalue weighted by molar-refractivity contribution is 7.10. The molecule has 0 fully saturated rings. The SMILES string of the molecule is CNc1snc(C)c1C(=O)O[C@H](C)C(=O)N1c2ccccc2C[C@H]1C. The molecule has 25 heavy (non-hydrogen) atoms. The van der Waals surface area contributed by atoms with Crippen LogP contribution < -0.4 is 10.2 Å². The number of esters is 1. The summed E-state index contributed by atoms with van der Waals surface area (Å²) in [5.74, 6) is -0.741. The predicted molar refractivity (Wildman–Crippen MR) is 98.4 cm³/mol. The van der Waals surface area contributed by atoms with Crippen LogP contribution in [0.15, 0.2) is 24.3 Å². The van der Waals surface area contributed by atoms with E-state index in [2.05, 4.69) is 9.69 Å². The molecule has 1 aromatic heterocycles. The van der Waals surface area contributed by atoms with Crippen molar-refractivity contribution in [1.82, 2.24) is 4.37 Å². The number of fused-ring (bicyclic) bond motifs is 1. The molecular formula is C18H21N3O3S. The number of hydrogen-bond donors (Lipinski definition) is 1. The van der Waals surface area contributed by atoms with Crippen LogP contribution in [-0.2, 0) is 16.0 Å². The van der Waals surface area contributed by atoms with Gasteiger partial charge < -0.3 is 15.0 Å². The lowest BCUT2D eigenvalue weighted by Crippen LogP contribution is -2.43. The third-order valence-corrected chi connectivity index (χ3v) is 5.33. The van der Waals surface area contributed by atoms with E-state index in [9.17, 15) is 9.59 Å². The first kappa shape index (κ1) is 17.4. The van der Waals surface area contributed by atoms with Gasteiger partial charge in [-0.05, 0) is 50.4 Å². The van der Waals surface area contributed by atoms with Crippen LogP contribution in [0.25, 0.3) is 0 Å². The van der Waals surface area contributed by atoms with Gasteiger partial charge in [0, 0.05) is 18.8 Å². The monoisotopic (exact) mass is 359 g/mol. The van der Waals surface area contributed by atoms with E-state index >= 15 is 0 Å². The van der Waals surface area contributed by atoms with Crippen LogP contribution in [-0.4, -0.2) is 35.4 Å². The van der Waals surface area contributed by atoms with E-state index in [1.54, 1.807) is 25.8 Å². The molecule has 2 heterocycles. The molecule has 2 aromatic rings. The molecule has 0 radical (unpaired) electrons. The van der Waals surface area contributed by atoms with Gasteiger partial charge in [-0.3, -0.25) is 4.79 Å². The number of anilines is 2. The van der Waals surface area contributed by atoms with Gasteiger partial charge in [-0.25, -0.2) is 4.79 Å². The number of para-hydroxylation sites is 1. The number of nitrogens with zero attached hydrogens (tertiary/aromatic N) is 2. The zero-order valence-electron chi connectivity index (χ0n) is 14.7. The fourth-order valence-corrected chi connectivity index (χ4v) is 3.88. The number of carbonyl (C=O) groups is 2. The molecule has 1 N–H and O–H groups in total. The quantitative estimate of drug-likeness (QED) is 0.850. The van der Waals surface area contributed by atoms with Crippen molar-refractivity contribution in [3.63, 3.8) is 0 Å². The topological polar surface area (TPSA) is 71.5 Å². The van der Waals surface area contributed by atoms with Gasteiger partial charge in [-0.2, -0.15) is 4.37 Å². The molecule has 0 unspecified atom stereocenters. The molecule has 3 rings (SSSR count). The second kappa shape index (κ2) is 6.84. The number of rotatable bonds is 4. The molecule has 0 saturated heterocycles. The van der Waals surface area contributed by atoms with E-state index in [-0.39, 0.29) is 11.9 Å². The Balaban J connectivity index is 1.77. The molecule has 0 aliphatic carbocycles. The van der Waals surface area contributed by atoms with Gasteiger partial charge in [0.1, 0.15) is 10.6 Å². The van der Waals surface area contributed by atoms with Crippen molar-refractivity contribution in [2.75, 3.05) is 17.3 Å². The maximum atomic E-state index is 12.9. The number of aromatic nitrogens is 1. The van der Waals surface area contributed by atoms with Crippen molar-refractivity contribution in [3.05, 3.63) is 41.1 Å². The van der Waals surface area contributed by atoms with Gasteiger partial charge in [0.05, 0.1) is 5.69 Å². The van der Waals surface area contributed by atoms with E-state index in [0.717, 1.165) is 17.7 Å². The number of nitrogens with one attached hydrogen (secondary N) is 1. The van der Waals surface area contributed by atoms with Crippen LogP contribution in [0, 0.1) is 6.92 Å². The van der Waals surface area contributed by atoms with Crippen LogP contribution in [0.1, 0.15) is 35.5 Å². The number of ether oxygens (including phenoxy) is 1. The van der Waals surface area contributed by atoms with Crippen LogP contribution in [0.3, 0.4) is 0 Å². The predicted octanol–water partition coefficient (Wildman–Crippen LogP) is 3.02. The molecule has 0 bridgehead atoms. The standard InChI is InChI=1S/C18H21N3O3S/c1-10-9-13-7-5-6-8-14(13)21(10)17(22)12(3)24-18(23)15-11(2)20-25-16(15)19-4/h5-8,10,12,19H,9H2,1-4H3/t10-,12-/m1/s1. The fraction of sp³-hybridized carbons (Fsp3) is 0.389. The molecule has 1 aromatic carbocycles. The molecule has 0 spiro atoms. The largest absolute Gasteiger partial charge is 0.449 e. The lowest BCUT2D eigenvalue weighted by molar-refractivity contribution is -0.126. The average Bonchev–Trinajstić information content (AvgIpc) is 3.12. The maximum absolute atomic E-state index is 12.9. The molecule has 2 atom stereocenters. The van der Waals surface area contributed by atoms with Gasteiger partial charge in [-0.1, -0.05) is 18.2 Å². The van der Waals surface area contributed by atoms with Crippen molar-refractivity contribution in [2.24, 2.45) is 0 Å². The fourth-order valence-electron chi connectivity index (χ4n) is 3.15. The Hall–Kier alpha value is -2.41. The minimum atomic E-state index is -0.870. The van der Waals surface area contributed by atoms with Crippen LogP contribution in [0.4, 0.5) is 10.7 Å². The summed E-state index contributed by atoms with van der Waals surface area (Å²) in [7, 11) is 1.72. The Kier molecular flexibility index (Phi) is 4.76. The summed E-state index contributed by atoms with van der Waals surface area (Å²) in [6, 6.07) is 7.87. The highest BCUT2D eigenvalue weighted by Gasteiger charge is 2.35. The number of aryl methyl sites for hydroxylation is 1. The highest BCUT2D eigenvalue weighted by atomic mass is 32.1. The summed E-state index contributed by atoms with van der Waals surface area (Å²) >= 11 is 1.20. The number of hydrogen-bond acceptors (Lipinski definition) is 6. The molecule has 1 aliphatic heterocycles. The zero-order valence-corrected chi connectivity index (χ0v) is 15.5. The minimum Gasteiger partial charge on any atom is -0.449 e. The van der Waals surface area contributed by atoms with Crippen molar-refractivity contribution in [1.29, 1.82) is 0 Å². The summed E-state index contributed by atoms with van der Waals surface area (Å²) in [5.41, 5.74) is 3.02. The normalized spacial score (nSPS) is 17.1. The summed E-state index contributed by atoms with van der Waals surface area (Å²) < 4.78 is 9.62. The molecule has 132 valence electrons. The summed E-state index contributed by atoms with van der Waals surface area (Å²) in [6.45, 7) is 5.36. The van der Waals surface area contributed by atoms with Crippen molar-refractivity contribution >= 4 is 34.1 Å². The third-order valence-electron chi connectivity index (χ3n) is 4.37. The second-order valence-corrected chi connectivity index (χ2v) is 6.93. The summed E-state index contributed by atoms with van der Waals surface area (Å²) in [5, 5.41) is 3.58. The molecule has 1 aliphatic rings. The number of carbonyl (C=O) groups excluding carboxylic acids is 2. The van der Waals surface area contributed by atoms with Crippen molar-refractivity contribution < 1.29 is 14.3 Å². The smallest absolute Gasteiger partial charge is 0.343 e. The molecular weight excluding hydrogens is 338 g/mol. The molecule has 1 amide bonds. The van der Waals surface area contributed by atoms with E-state index in [4.69, 9.17) is 4.74 Å². The van der Waals surface area contributed by atoms with Crippen molar-refractivity contribution in [3.8, 4) is 0 Å². The Bertz CT molecular complexity index is 818. The number of amides is 1. The molecule has 0 saturated carbocycles. The Morgan fingerprint density at radius 1 is 1.40 bits per heavy atom. The second-order valence-electron chi connectivity index (χ2n) is 6.16. The Morgan fingerprint density at radius 3 is 2.84 bits per heavy atom. The minimum absolute atomic E-state index is 0.0449. The maximum Gasteiger partial charge on any atom is 0.343 e. The van der Waals surface area contributed by atoms with Gasteiger partial charge in [0.15, 0.2) is 6.10 Å². The van der Waals surface area contributed by atoms with Gasteiger partial charge in [0.25, 0.3) is 5.91 Å². The Morgan fingerprint density at radius 2 is 2.12 bits per heavy atom. The first-order valence-electron chi connectivity index (χ1n) is 8.20. The van der Waals surface area contributed by atoms with Gasteiger partial charge in [-0.15, -0.1) is 0 Å². The zero-order chi connectivity index (χ0) is 18.1. The van der Waals surface area contributed by atoms with E-state index < -0.39 is 12.1 Å². The average molecular weight is 359 g/mol. The number of benzene rings is 1. The molecule has 7 heteroatoms. The third kappa shape index (κ3) is 3.11. The van der Waals surface area contributed by atoms with Crippen LogP contribution in [0.2, 0.25) is 0 Å². The van der Waals surface area contributed by atoms with E-state index in [1.165, 1.54) is 11.5 Å². The lowest BCUT2D eigenvalue weighted by atomic mass is 10.1. The van der Waals surface area contributed by atoms with Crippen LogP contribution in [0.5, 0.6) is 0 Å². The first-order chi connectivity index (χ1) is 11.9.